The highest BCUT2D eigenvalue weighted by Gasteiger charge is 2.38. The average Bonchev–Trinajstić information content (AvgIpc) is 2.99. The number of rotatable bonds is 10. The van der Waals surface area contributed by atoms with Crippen molar-refractivity contribution in [2.75, 3.05) is 4.72 Å². The summed E-state index contributed by atoms with van der Waals surface area (Å²) in [5.74, 6) is -3.38. The minimum Gasteiger partial charge on any atom is -0.475 e. The minimum absolute atomic E-state index is 0.0554. The summed E-state index contributed by atoms with van der Waals surface area (Å²) in [6, 6.07) is 24.2. The van der Waals surface area contributed by atoms with E-state index in [4.69, 9.17) is 21.0 Å². The summed E-state index contributed by atoms with van der Waals surface area (Å²) in [5.41, 5.74) is 7.01. The largest absolute Gasteiger partial charge is 0.490 e. The Bertz CT molecular complexity index is 1820. The number of sulfonamides is 1. The van der Waals surface area contributed by atoms with Gasteiger partial charge in [0.2, 0.25) is 15.9 Å². The molecule has 16 heteroatoms. The molecule has 4 aromatic rings. The first kappa shape index (κ1) is 34.0. The van der Waals surface area contributed by atoms with Gasteiger partial charge in [-0.25, -0.2) is 18.2 Å². The standard InChI is InChI=1S/C27H26N6O4S.C2HF3O2/c28-25(29)21-13-11-19(12-14-21)15-30-24(34)17-33-26(22-9-5-2-6-10-22)31-16-23(27(33)35)32-38(36,37)18-20-7-3-1-4-8-20;3-2(4,5)1(6)7/h1-14,16,32H,15,17-18H2,(H3,28,29)(H,30,34);(H,6,7). The van der Waals surface area contributed by atoms with Gasteiger partial charge in [0.1, 0.15) is 23.9 Å². The van der Waals surface area contributed by atoms with Crippen molar-refractivity contribution in [1.82, 2.24) is 14.9 Å². The normalized spacial score (nSPS) is 11.1. The number of carboxylic acid groups (broad SMARTS) is 1. The maximum atomic E-state index is 13.4. The number of aromatic nitrogens is 2. The first-order valence-electron chi connectivity index (χ1n) is 12.9. The van der Waals surface area contributed by atoms with Gasteiger partial charge in [0.05, 0.1) is 11.9 Å². The quantitative estimate of drug-likeness (QED) is 0.128. The summed E-state index contributed by atoms with van der Waals surface area (Å²) >= 11 is 0. The number of nitrogen functional groups attached to an aromatic ring is 1. The van der Waals surface area contributed by atoms with E-state index >= 15 is 0 Å². The Balaban J connectivity index is 0.000000707. The summed E-state index contributed by atoms with van der Waals surface area (Å²) in [7, 11) is -3.92. The van der Waals surface area contributed by atoms with E-state index < -0.39 is 33.6 Å². The summed E-state index contributed by atoms with van der Waals surface area (Å²) in [5, 5.41) is 17.3. The van der Waals surface area contributed by atoms with Crippen LogP contribution in [0.3, 0.4) is 0 Å². The molecular formula is C29H27F3N6O6S. The van der Waals surface area contributed by atoms with Crippen LogP contribution in [0.15, 0.2) is 95.9 Å². The van der Waals surface area contributed by atoms with Gasteiger partial charge >= 0.3 is 12.1 Å². The number of alkyl halides is 3. The lowest BCUT2D eigenvalue weighted by Gasteiger charge is -2.15. The third-order valence-electron chi connectivity index (χ3n) is 5.84. The molecule has 0 unspecified atom stereocenters. The van der Waals surface area contributed by atoms with Crippen molar-refractivity contribution in [1.29, 1.82) is 5.41 Å². The molecule has 4 rings (SSSR count). The first-order valence-corrected chi connectivity index (χ1v) is 14.5. The zero-order valence-corrected chi connectivity index (χ0v) is 24.1. The molecule has 0 aliphatic heterocycles. The van der Waals surface area contributed by atoms with Crippen molar-refractivity contribution >= 4 is 33.4 Å². The van der Waals surface area contributed by atoms with E-state index in [1.54, 1.807) is 78.9 Å². The number of aliphatic carboxylic acids is 1. The monoisotopic (exact) mass is 644 g/mol. The van der Waals surface area contributed by atoms with E-state index in [0.717, 1.165) is 16.3 Å². The number of benzene rings is 3. The molecule has 1 aromatic heterocycles. The van der Waals surface area contributed by atoms with Gasteiger partial charge in [-0.3, -0.25) is 24.3 Å². The van der Waals surface area contributed by atoms with E-state index in [-0.39, 0.29) is 36.2 Å². The van der Waals surface area contributed by atoms with Gasteiger partial charge in [0.25, 0.3) is 5.56 Å². The van der Waals surface area contributed by atoms with Gasteiger partial charge in [-0.15, -0.1) is 0 Å². The lowest BCUT2D eigenvalue weighted by Crippen LogP contribution is -2.35. The molecule has 0 aliphatic carbocycles. The summed E-state index contributed by atoms with van der Waals surface area (Å²) in [6.07, 6.45) is -3.92. The highest BCUT2D eigenvalue weighted by molar-refractivity contribution is 7.91. The Morgan fingerprint density at radius 1 is 0.933 bits per heavy atom. The topological polar surface area (TPSA) is 197 Å². The van der Waals surface area contributed by atoms with E-state index in [2.05, 4.69) is 15.0 Å². The van der Waals surface area contributed by atoms with Crippen molar-refractivity contribution in [3.63, 3.8) is 0 Å². The Hall–Kier alpha value is -5.51. The van der Waals surface area contributed by atoms with Crippen LogP contribution in [0.4, 0.5) is 18.9 Å². The van der Waals surface area contributed by atoms with Crippen LogP contribution in [-0.4, -0.2) is 47.0 Å². The lowest BCUT2D eigenvalue weighted by molar-refractivity contribution is -0.192. The van der Waals surface area contributed by atoms with Crippen molar-refractivity contribution in [2.45, 2.75) is 25.0 Å². The molecule has 6 N–H and O–H groups in total. The summed E-state index contributed by atoms with van der Waals surface area (Å²) < 4.78 is 60.7. The number of nitrogens with one attached hydrogen (secondary N) is 3. The number of carboxylic acids is 1. The smallest absolute Gasteiger partial charge is 0.475 e. The average molecular weight is 645 g/mol. The lowest BCUT2D eigenvalue weighted by atomic mass is 10.1. The van der Waals surface area contributed by atoms with E-state index in [9.17, 15) is 31.2 Å². The number of carbonyl (C=O) groups excluding carboxylic acids is 1. The molecule has 45 heavy (non-hydrogen) atoms. The Morgan fingerprint density at radius 2 is 1.49 bits per heavy atom. The first-order chi connectivity index (χ1) is 21.2. The third-order valence-corrected chi connectivity index (χ3v) is 7.09. The molecule has 236 valence electrons. The number of amidine groups is 1. The molecule has 0 fully saturated rings. The van der Waals surface area contributed by atoms with Crippen LogP contribution in [0.25, 0.3) is 11.4 Å². The Labute approximate surface area is 254 Å². The van der Waals surface area contributed by atoms with E-state index in [1.807, 2.05) is 6.07 Å². The van der Waals surface area contributed by atoms with Crippen LogP contribution in [0.2, 0.25) is 0 Å². The number of carbonyl (C=O) groups is 2. The molecule has 0 saturated heterocycles. The molecule has 0 bridgehead atoms. The van der Waals surface area contributed by atoms with E-state index in [0.29, 0.717) is 16.7 Å². The third kappa shape index (κ3) is 10.3. The van der Waals surface area contributed by atoms with Crippen molar-refractivity contribution < 1.29 is 36.3 Å². The predicted molar refractivity (Wildman–Crippen MR) is 160 cm³/mol. The van der Waals surface area contributed by atoms with Crippen LogP contribution in [0.1, 0.15) is 16.7 Å². The van der Waals surface area contributed by atoms with Gasteiger partial charge in [-0.05, 0) is 11.1 Å². The molecule has 12 nitrogen and oxygen atoms in total. The van der Waals surface area contributed by atoms with Crippen LogP contribution in [-0.2, 0) is 38.5 Å². The Morgan fingerprint density at radius 3 is 2.02 bits per heavy atom. The molecule has 1 amide bonds. The van der Waals surface area contributed by atoms with Gasteiger partial charge in [-0.2, -0.15) is 13.2 Å². The van der Waals surface area contributed by atoms with Crippen molar-refractivity contribution in [3.8, 4) is 11.4 Å². The molecule has 0 atom stereocenters. The van der Waals surface area contributed by atoms with Gasteiger partial charge in [0, 0.05) is 17.7 Å². The number of amides is 1. The number of anilines is 1. The summed E-state index contributed by atoms with van der Waals surface area (Å²) in [6.45, 7) is -0.195. The van der Waals surface area contributed by atoms with Gasteiger partial charge < -0.3 is 16.2 Å². The molecule has 3 aromatic carbocycles. The Kier molecular flexibility index (Phi) is 11.2. The highest BCUT2D eigenvalue weighted by atomic mass is 32.2. The van der Waals surface area contributed by atoms with Crippen LogP contribution < -0.4 is 21.3 Å². The second-order valence-electron chi connectivity index (χ2n) is 9.29. The zero-order chi connectivity index (χ0) is 33.2. The molecule has 1 heterocycles. The van der Waals surface area contributed by atoms with Crippen LogP contribution in [0.5, 0.6) is 0 Å². The van der Waals surface area contributed by atoms with Crippen LogP contribution >= 0.6 is 0 Å². The van der Waals surface area contributed by atoms with Crippen LogP contribution in [0, 0.1) is 5.41 Å². The second-order valence-corrected chi connectivity index (χ2v) is 11.0. The SMILES string of the molecule is N=C(N)c1ccc(CNC(=O)Cn2c(-c3ccccc3)ncc(NS(=O)(=O)Cc3ccccc3)c2=O)cc1.O=C(O)C(F)(F)F. The fraction of sp³-hybridized carbons (Fsp3) is 0.138. The predicted octanol–water partition coefficient (Wildman–Crippen LogP) is 3.09. The molecule has 0 radical (unpaired) electrons. The molecular weight excluding hydrogens is 617 g/mol. The van der Waals surface area contributed by atoms with Crippen molar-refractivity contribution in [2.24, 2.45) is 5.73 Å². The fourth-order valence-corrected chi connectivity index (χ4v) is 4.90. The number of hydrogen-bond donors (Lipinski definition) is 5. The summed E-state index contributed by atoms with van der Waals surface area (Å²) in [4.78, 5) is 39.4. The molecule has 0 aliphatic rings. The van der Waals surface area contributed by atoms with Crippen molar-refractivity contribution in [3.05, 3.63) is 118 Å². The molecule has 0 spiro atoms. The second kappa shape index (κ2) is 14.8. The number of nitrogens with two attached hydrogens (primary N) is 1. The fourth-order valence-electron chi connectivity index (χ4n) is 3.73. The van der Waals surface area contributed by atoms with Gasteiger partial charge in [0.15, 0.2) is 0 Å². The maximum absolute atomic E-state index is 13.4. The minimum atomic E-state index is -5.08. The number of nitrogens with zero attached hydrogens (tertiary/aromatic N) is 2. The number of hydrogen-bond acceptors (Lipinski definition) is 7. The zero-order valence-electron chi connectivity index (χ0n) is 23.3. The highest BCUT2D eigenvalue weighted by Crippen LogP contribution is 2.17. The van der Waals surface area contributed by atoms with E-state index in [1.165, 1.54) is 0 Å². The van der Waals surface area contributed by atoms with Gasteiger partial charge in [-0.1, -0.05) is 84.9 Å². The maximum Gasteiger partial charge on any atom is 0.490 e. The molecule has 0 saturated carbocycles. The number of halogens is 3.